The summed E-state index contributed by atoms with van der Waals surface area (Å²) >= 11 is 0. The minimum atomic E-state index is -0.632. The lowest BCUT2D eigenvalue weighted by Gasteiger charge is -2.14. The Bertz CT molecular complexity index is 1090. The monoisotopic (exact) mass is 425 g/mol. The predicted octanol–water partition coefficient (Wildman–Crippen LogP) is 3.79. The number of pyridine rings is 1. The van der Waals surface area contributed by atoms with E-state index in [1.54, 1.807) is 24.2 Å². The Balaban J connectivity index is 1.67. The second-order valence-corrected chi connectivity index (χ2v) is 6.80. The van der Waals surface area contributed by atoms with Crippen molar-refractivity contribution < 1.29 is 18.8 Å². The van der Waals surface area contributed by atoms with E-state index in [1.807, 2.05) is 0 Å². The van der Waals surface area contributed by atoms with Crippen LogP contribution in [0.3, 0.4) is 0 Å². The zero-order chi connectivity index (χ0) is 22.4. The second-order valence-electron chi connectivity index (χ2n) is 6.80. The number of benzene rings is 1. The highest BCUT2D eigenvalue weighted by molar-refractivity contribution is 5.72. The molecule has 0 aliphatic carbocycles. The molecule has 10 heteroatoms. The first-order valence-electron chi connectivity index (χ1n) is 9.44. The van der Waals surface area contributed by atoms with Crippen LogP contribution in [-0.4, -0.2) is 44.3 Å². The maximum Gasteiger partial charge on any atom is 0.287 e. The van der Waals surface area contributed by atoms with Crippen molar-refractivity contribution >= 4 is 11.6 Å². The van der Waals surface area contributed by atoms with Gasteiger partial charge >= 0.3 is 0 Å². The van der Waals surface area contributed by atoms with Crippen molar-refractivity contribution in [2.75, 3.05) is 13.6 Å². The maximum absolute atomic E-state index is 14.6. The fourth-order valence-corrected chi connectivity index (χ4v) is 2.73. The van der Waals surface area contributed by atoms with Gasteiger partial charge in [0.1, 0.15) is 6.20 Å². The van der Waals surface area contributed by atoms with Gasteiger partial charge in [0.15, 0.2) is 11.6 Å². The smallest absolute Gasteiger partial charge is 0.287 e. The predicted molar refractivity (Wildman–Crippen MR) is 110 cm³/mol. The highest BCUT2D eigenvalue weighted by Crippen LogP contribution is 2.28. The molecule has 1 amide bonds. The molecule has 0 saturated carbocycles. The molecule has 9 nitrogen and oxygen atoms in total. The van der Waals surface area contributed by atoms with Gasteiger partial charge in [-0.15, -0.1) is 0 Å². The number of carbonyl (C=O) groups excluding carboxylic acids is 1. The third-order valence-electron chi connectivity index (χ3n) is 4.53. The molecule has 0 N–H and O–H groups in total. The molecule has 2 heterocycles. The van der Waals surface area contributed by atoms with Crippen LogP contribution in [0.2, 0.25) is 0 Å². The number of ether oxygens (including phenoxy) is 1. The van der Waals surface area contributed by atoms with Gasteiger partial charge < -0.3 is 9.64 Å². The molecule has 1 aromatic carbocycles. The lowest BCUT2D eigenvalue weighted by molar-refractivity contribution is -0.385. The average molecular weight is 425 g/mol. The van der Waals surface area contributed by atoms with Crippen molar-refractivity contribution in [1.82, 2.24) is 19.9 Å². The van der Waals surface area contributed by atoms with Crippen LogP contribution in [0.1, 0.15) is 19.0 Å². The number of carbonyl (C=O) groups is 1. The fourth-order valence-electron chi connectivity index (χ4n) is 2.73. The molecule has 0 fully saturated rings. The summed E-state index contributed by atoms with van der Waals surface area (Å²) in [6.07, 6.45) is 5.40. The van der Waals surface area contributed by atoms with Crippen molar-refractivity contribution in [1.29, 1.82) is 0 Å². The van der Waals surface area contributed by atoms with E-state index in [1.165, 1.54) is 37.4 Å². The molecule has 31 heavy (non-hydrogen) atoms. The number of halogens is 1. The molecule has 2 aromatic heterocycles. The normalized spacial score (nSPS) is 10.5. The number of amides is 1. The maximum atomic E-state index is 14.6. The summed E-state index contributed by atoms with van der Waals surface area (Å²) in [7, 11) is 1.73. The quantitative estimate of drug-likeness (QED) is 0.399. The van der Waals surface area contributed by atoms with Gasteiger partial charge in [0.2, 0.25) is 11.8 Å². The Hall–Kier alpha value is -3.95. The van der Waals surface area contributed by atoms with E-state index >= 15 is 0 Å². The summed E-state index contributed by atoms with van der Waals surface area (Å²) < 4.78 is 20.1. The van der Waals surface area contributed by atoms with E-state index in [0.29, 0.717) is 36.3 Å². The molecule has 3 aromatic rings. The molecule has 0 aliphatic heterocycles. The Labute approximate surface area is 177 Å². The van der Waals surface area contributed by atoms with Crippen LogP contribution in [0, 0.1) is 15.9 Å². The van der Waals surface area contributed by atoms with Crippen LogP contribution >= 0.6 is 0 Å². The summed E-state index contributed by atoms with van der Waals surface area (Å²) in [6.45, 7) is 2.10. The molecule has 160 valence electrons. The van der Waals surface area contributed by atoms with Crippen LogP contribution in [0.5, 0.6) is 11.6 Å². The van der Waals surface area contributed by atoms with E-state index in [4.69, 9.17) is 4.74 Å². The average Bonchev–Trinajstić information content (AvgIpc) is 2.75. The van der Waals surface area contributed by atoms with E-state index in [2.05, 4.69) is 15.0 Å². The van der Waals surface area contributed by atoms with E-state index in [-0.39, 0.29) is 23.2 Å². The Morgan fingerprint density at radius 1 is 1.23 bits per heavy atom. The minimum Gasteiger partial charge on any atom is -0.434 e. The zero-order valence-electron chi connectivity index (χ0n) is 17.0. The van der Waals surface area contributed by atoms with Gasteiger partial charge in [-0.25, -0.2) is 14.4 Å². The van der Waals surface area contributed by atoms with Crippen molar-refractivity contribution in [2.24, 2.45) is 0 Å². The highest BCUT2D eigenvalue weighted by atomic mass is 19.1. The number of hydrogen-bond donors (Lipinski definition) is 0. The van der Waals surface area contributed by atoms with Crippen molar-refractivity contribution in [2.45, 2.75) is 19.8 Å². The highest BCUT2D eigenvalue weighted by Gasteiger charge is 2.12. The molecule has 0 unspecified atom stereocenters. The van der Waals surface area contributed by atoms with Gasteiger partial charge in [-0.3, -0.25) is 19.9 Å². The molecule has 0 spiro atoms. The minimum absolute atomic E-state index is 0.00832. The fraction of sp³-hybridized carbons (Fsp3) is 0.238. The number of nitro groups is 1. The van der Waals surface area contributed by atoms with Crippen LogP contribution in [0.4, 0.5) is 10.1 Å². The lowest BCUT2D eigenvalue weighted by Crippen LogP contribution is -2.25. The largest absolute Gasteiger partial charge is 0.434 e. The lowest BCUT2D eigenvalue weighted by atomic mass is 10.1. The summed E-state index contributed by atoms with van der Waals surface area (Å²) in [5.41, 5.74) is 1.37. The van der Waals surface area contributed by atoms with Crippen molar-refractivity contribution in [3.05, 3.63) is 70.5 Å². The molecule has 3 rings (SSSR count). The summed E-state index contributed by atoms with van der Waals surface area (Å²) in [5, 5.41) is 10.7. The number of rotatable bonds is 8. The molecule has 0 aliphatic rings. The first-order chi connectivity index (χ1) is 14.8. The van der Waals surface area contributed by atoms with Crippen molar-refractivity contribution in [3.63, 3.8) is 0 Å². The number of nitrogens with zero attached hydrogens (tertiary/aromatic N) is 5. The van der Waals surface area contributed by atoms with Crippen LogP contribution in [0.25, 0.3) is 11.3 Å². The number of aryl methyl sites for hydroxylation is 1. The first-order valence-corrected chi connectivity index (χ1v) is 9.44. The van der Waals surface area contributed by atoms with Gasteiger partial charge in [0.05, 0.1) is 22.5 Å². The SMILES string of the molecule is CC(=O)N(C)CCCc1cncc(Oc2ccc(-c3ccc([N+](=O)[O-])cn3)cc2F)n1. The second kappa shape index (κ2) is 9.70. The van der Waals surface area contributed by atoms with Crippen LogP contribution in [0.15, 0.2) is 48.9 Å². The van der Waals surface area contributed by atoms with Crippen LogP contribution < -0.4 is 4.74 Å². The van der Waals surface area contributed by atoms with E-state index in [0.717, 1.165) is 6.20 Å². The molecule has 0 saturated heterocycles. The third kappa shape index (κ3) is 5.78. The first kappa shape index (κ1) is 21.8. The standard InChI is InChI=1S/C21H20FN5O4/c1-14(28)26(2)9-3-4-16-11-23-13-21(25-16)31-20-8-5-15(10-18(20)22)19-7-6-17(12-24-19)27(29)30/h5-8,10-13H,3-4,9H2,1-2H3. The van der Waals surface area contributed by atoms with Gasteiger partial charge in [0.25, 0.3) is 5.69 Å². The number of hydrogen-bond acceptors (Lipinski definition) is 7. The van der Waals surface area contributed by atoms with Gasteiger partial charge in [0, 0.05) is 38.3 Å². The molecule has 0 bridgehead atoms. The van der Waals surface area contributed by atoms with Gasteiger partial charge in [-0.05, 0) is 37.1 Å². The van der Waals surface area contributed by atoms with E-state index in [9.17, 15) is 19.3 Å². The summed E-state index contributed by atoms with van der Waals surface area (Å²) in [4.78, 5) is 35.4. The Morgan fingerprint density at radius 3 is 2.68 bits per heavy atom. The summed E-state index contributed by atoms with van der Waals surface area (Å²) in [6, 6.07) is 7.02. The van der Waals surface area contributed by atoms with Crippen LogP contribution in [-0.2, 0) is 11.2 Å². The molecule has 0 radical (unpaired) electrons. The molecule has 0 atom stereocenters. The van der Waals surface area contributed by atoms with Gasteiger partial charge in [-0.2, -0.15) is 0 Å². The number of aromatic nitrogens is 3. The topological polar surface area (TPSA) is 111 Å². The third-order valence-corrected chi connectivity index (χ3v) is 4.53. The van der Waals surface area contributed by atoms with E-state index < -0.39 is 10.7 Å². The molecular weight excluding hydrogens is 405 g/mol. The van der Waals surface area contributed by atoms with Crippen molar-refractivity contribution in [3.8, 4) is 22.9 Å². The molecular formula is C21H20FN5O4. The summed E-state index contributed by atoms with van der Waals surface area (Å²) in [5.74, 6) is -0.523. The Kier molecular flexibility index (Phi) is 6.81. The van der Waals surface area contributed by atoms with Gasteiger partial charge in [-0.1, -0.05) is 0 Å². The Morgan fingerprint density at radius 2 is 2.03 bits per heavy atom. The zero-order valence-corrected chi connectivity index (χ0v) is 17.0.